The van der Waals surface area contributed by atoms with Gasteiger partial charge in [-0.2, -0.15) is 8.42 Å². The molecule has 0 amide bonds. The van der Waals surface area contributed by atoms with Crippen LogP contribution in [-0.2, 0) is 16.9 Å². The van der Waals surface area contributed by atoms with Crippen molar-refractivity contribution in [3.8, 4) is 5.75 Å². The van der Waals surface area contributed by atoms with E-state index in [9.17, 15) is 12.3 Å². The summed E-state index contributed by atoms with van der Waals surface area (Å²) in [5, 5.41) is 0. The van der Waals surface area contributed by atoms with Gasteiger partial charge in [-0.15, -0.1) is 0 Å². The first kappa shape index (κ1) is 13.0. The predicted molar refractivity (Wildman–Crippen MR) is 60.3 cm³/mol. The van der Waals surface area contributed by atoms with Crippen LogP contribution in [0.15, 0.2) is 24.3 Å². The zero-order valence-electron chi connectivity index (χ0n) is 9.31. The molecule has 0 N–H and O–H groups in total. The maximum Gasteiger partial charge on any atom is 0.488 e. The monoisotopic (exact) mass is 246 g/mol. The third-order valence-corrected chi connectivity index (χ3v) is 2.52. The Bertz CT molecular complexity index is 423. The van der Waals surface area contributed by atoms with Crippen molar-refractivity contribution in [3.63, 3.8) is 0 Å². The van der Waals surface area contributed by atoms with Crippen molar-refractivity contribution in [1.29, 1.82) is 0 Å². The minimum atomic E-state index is -4.92. The van der Waals surface area contributed by atoms with Crippen molar-refractivity contribution < 1.29 is 16.5 Å². The highest BCUT2D eigenvalue weighted by molar-refractivity contribution is 7.81. The Morgan fingerprint density at radius 1 is 1.25 bits per heavy atom. The Kier molecular flexibility index (Phi) is 4.29. The molecule has 0 aliphatic heterocycles. The molecule has 0 saturated heterocycles. The van der Waals surface area contributed by atoms with Crippen LogP contribution in [0.1, 0.15) is 25.8 Å². The number of hydrogen-bond acceptors (Lipinski definition) is 3. The third kappa shape index (κ3) is 5.11. The Morgan fingerprint density at radius 3 is 2.25 bits per heavy atom. The summed E-state index contributed by atoms with van der Waals surface area (Å²) < 4.78 is 36.7. The van der Waals surface area contributed by atoms with Gasteiger partial charge in [-0.25, -0.2) is 0 Å². The second-order valence-corrected chi connectivity index (χ2v) is 5.01. The number of rotatable bonds is 5. The lowest BCUT2D eigenvalue weighted by molar-refractivity contribution is 0.440. The molecule has 0 unspecified atom stereocenters. The summed E-state index contributed by atoms with van der Waals surface area (Å²) in [5.74, 6) is 0.609. The fourth-order valence-electron chi connectivity index (χ4n) is 1.28. The highest BCUT2D eigenvalue weighted by atomic mass is 32.3. The fourth-order valence-corrected chi connectivity index (χ4v) is 1.62. The van der Waals surface area contributed by atoms with Gasteiger partial charge in [-0.05, 0) is 36.5 Å². The van der Waals surface area contributed by atoms with E-state index in [1.165, 1.54) is 12.1 Å². The molecule has 0 spiro atoms. The van der Waals surface area contributed by atoms with E-state index < -0.39 is 10.5 Å². The van der Waals surface area contributed by atoms with Crippen LogP contribution in [0.5, 0.6) is 5.75 Å². The van der Waals surface area contributed by atoms with Gasteiger partial charge in [-0.3, -0.25) is 0 Å². The smallest absolute Gasteiger partial charge is 0.358 e. The Morgan fingerprint density at radius 2 is 1.81 bits per heavy atom. The van der Waals surface area contributed by atoms with Crippen molar-refractivity contribution in [2.75, 3.05) is 0 Å². The summed E-state index contributed by atoms with van der Waals surface area (Å²) >= 11 is 0. The summed E-state index contributed by atoms with van der Waals surface area (Å²) in [6.45, 7) is 4.26. The molecule has 90 valence electrons. The van der Waals surface area contributed by atoms with E-state index in [2.05, 4.69) is 18.0 Å². The third-order valence-electron chi connectivity index (χ3n) is 2.13. The zero-order valence-corrected chi connectivity index (χ0v) is 10.1. The molecule has 0 atom stereocenters. The lowest BCUT2D eigenvalue weighted by atomic mass is 10.0. The quantitative estimate of drug-likeness (QED) is 0.750. The largest absolute Gasteiger partial charge is 0.488 e. The Balaban J connectivity index is 2.61. The van der Waals surface area contributed by atoms with Crippen LogP contribution >= 0.6 is 0 Å². The van der Waals surface area contributed by atoms with E-state index in [4.69, 9.17) is 0 Å². The molecule has 1 aromatic rings. The standard InChI is InChI=1S/C11H15FO3S/c1-9(2)3-4-10-5-7-11(8-6-10)15-16(12,13)14/h5-9H,3-4H2,1-2H3. The van der Waals surface area contributed by atoms with Gasteiger partial charge in [0.2, 0.25) is 0 Å². The summed E-state index contributed by atoms with van der Waals surface area (Å²) in [4.78, 5) is 0. The van der Waals surface area contributed by atoms with Gasteiger partial charge in [0.25, 0.3) is 0 Å². The molecular formula is C11H15FO3S. The van der Waals surface area contributed by atoms with E-state index in [-0.39, 0.29) is 5.75 Å². The van der Waals surface area contributed by atoms with Crippen LogP contribution in [0.2, 0.25) is 0 Å². The average Bonchev–Trinajstić information content (AvgIpc) is 2.14. The summed E-state index contributed by atoms with van der Waals surface area (Å²) in [5.41, 5.74) is 1.08. The van der Waals surface area contributed by atoms with Crippen molar-refractivity contribution in [1.82, 2.24) is 0 Å². The lowest BCUT2D eigenvalue weighted by Crippen LogP contribution is -2.01. The minimum Gasteiger partial charge on any atom is -0.358 e. The van der Waals surface area contributed by atoms with Crippen molar-refractivity contribution in [3.05, 3.63) is 29.8 Å². The van der Waals surface area contributed by atoms with E-state index in [1.807, 2.05) is 0 Å². The molecular weight excluding hydrogens is 231 g/mol. The molecule has 0 heterocycles. The molecule has 0 aromatic heterocycles. The molecule has 0 bridgehead atoms. The zero-order chi connectivity index (χ0) is 12.2. The molecule has 0 aliphatic rings. The molecule has 16 heavy (non-hydrogen) atoms. The molecule has 0 aliphatic carbocycles. The second kappa shape index (κ2) is 5.30. The predicted octanol–water partition coefficient (Wildman–Crippen LogP) is 2.87. The normalized spacial score (nSPS) is 11.8. The molecule has 1 rings (SSSR count). The van der Waals surface area contributed by atoms with Gasteiger partial charge in [0.15, 0.2) is 0 Å². The van der Waals surface area contributed by atoms with Crippen molar-refractivity contribution >= 4 is 10.5 Å². The van der Waals surface area contributed by atoms with Gasteiger partial charge in [0.1, 0.15) is 5.75 Å². The lowest BCUT2D eigenvalue weighted by Gasteiger charge is -2.05. The highest BCUT2D eigenvalue weighted by Gasteiger charge is 2.08. The molecule has 1 aromatic carbocycles. The first-order valence-electron chi connectivity index (χ1n) is 5.10. The summed E-state index contributed by atoms with van der Waals surface area (Å²) in [7, 11) is -4.92. The SMILES string of the molecule is CC(C)CCc1ccc(OS(=O)(=O)F)cc1. The second-order valence-electron chi connectivity index (χ2n) is 4.05. The van der Waals surface area contributed by atoms with Crippen LogP contribution < -0.4 is 4.18 Å². The Hall–Kier alpha value is -1.10. The first-order valence-corrected chi connectivity index (χ1v) is 6.40. The molecule has 0 radical (unpaired) electrons. The first-order chi connectivity index (χ1) is 7.37. The molecule has 0 fully saturated rings. The number of halogens is 1. The number of hydrogen-bond donors (Lipinski definition) is 0. The van der Waals surface area contributed by atoms with E-state index in [0.717, 1.165) is 18.4 Å². The Labute approximate surface area is 95.7 Å². The van der Waals surface area contributed by atoms with Gasteiger partial charge >= 0.3 is 10.5 Å². The average molecular weight is 246 g/mol. The molecule has 0 saturated carbocycles. The maximum atomic E-state index is 12.2. The highest BCUT2D eigenvalue weighted by Crippen LogP contribution is 2.16. The van der Waals surface area contributed by atoms with Crippen LogP contribution in [0.25, 0.3) is 0 Å². The van der Waals surface area contributed by atoms with Crippen LogP contribution in [0.3, 0.4) is 0 Å². The van der Waals surface area contributed by atoms with E-state index in [0.29, 0.717) is 5.92 Å². The van der Waals surface area contributed by atoms with Gasteiger partial charge in [-0.1, -0.05) is 29.9 Å². The topological polar surface area (TPSA) is 43.4 Å². The summed E-state index contributed by atoms with van der Waals surface area (Å²) in [6.07, 6.45) is 1.97. The fraction of sp³-hybridized carbons (Fsp3) is 0.455. The van der Waals surface area contributed by atoms with Crippen LogP contribution in [0, 0.1) is 5.92 Å². The van der Waals surface area contributed by atoms with E-state index >= 15 is 0 Å². The van der Waals surface area contributed by atoms with Crippen LogP contribution in [0.4, 0.5) is 3.89 Å². The minimum absolute atomic E-state index is 0.00389. The number of aryl methyl sites for hydroxylation is 1. The molecule has 3 nitrogen and oxygen atoms in total. The van der Waals surface area contributed by atoms with Crippen molar-refractivity contribution in [2.45, 2.75) is 26.7 Å². The van der Waals surface area contributed by atoms with Gasteiger partial charge in [0, 0.05) is 0 Å². The van der Waals surface area contributed by atoms with E-state index in [1.54, 1.807) is 12.1 Å². The van der Waals surface area contributed by atoms with Gasteiger partial charge in [0.05, 0.1) is 0 Å². The van der Waals surface area contributed by atoms with Crippen LogP contribution in [-0.4, -0.2) is 8.42 Å². The molecule has 5 heteroatoms. The number of benzene rings is 1. The maximum absolute atomic E-state index is 12.2. The summed E-state index contributed by atoms with van der Waals surface area (Å²) in [6, 6.07) is 6.38. The van der Waals surface area contributed by atoms with Crippen molar-refractivity contribution in [2.24, 2.45) is 5.92 Å². The van der Waals surface area contributed by atoms with Gasteiger partial charge < -0.3 is 4.18 Å².